The minimum absolute atomic E-state index is 0.0770. The summed E-state index contributed by atoms with van der Waals surface area (Å²) in [6, 6.07) is 9.18. The molecule has 124 valence electrons. The van der Waals surface area contributed by atoms with Crippen LogP contribution in [0.3, 0.4) is 0 Å². The third-order valence-corrected chi connectivity index (χ3v) is 4.19. The minimum Gasteiger partial charge on any atom is -0.493 e. The number of ether oxygens (including phenoxy) is 3. The molecule has 1 aromatic heterocycles. The molecule has 2 rings (SSSR count). The molecule has 1 heterocycles. The van der Waals surface area contributed by atoms with Gasteiger partial charge in [0, 0.05) is 7.11 Å². The summed E-state index contributed by atoms with van der Waals surface area (Å²) in [5.41, 5.74) is 0.950. The Morgan fingerprint density at radius 3 is 2.70 bits per heavy atom. The molecule has 0 aliphatic heterocycles. The fourth-order valence-corrected chi connectivity index (χ4v) is 2.69. The zero-order valence-corrected chi connectivity index (χ0v) is 14.3. The van der Waals surface area contributed by atoms with Crippen LogP contribution in [0.2, 0.25) is 0 Å². The standard InChI is InChI=1S/C17H21NO4S/c1-12(18-17(19)16-5-4-10-23-16)13-6-7-14(15(11-13)21-3)22-9-8-20-2/h4-7,10-12H,8-9H2,1-3H3,(H,18,19)/t12-/m0/s1. The smallest absolute Gasteiger partial charge is 0.261 e. The summed E-state index contributed by atoms with van der Waals surface area (Å²) >= 11 is 1.42. The van der Waals surface area contributed by atoms with Crippen LogP contribution in [0.25, 0.3) is 0 Å². The highest BCUT2D eigenvalue weighted by molar-refractivity contribution is 7.12. The van der Waals surface area contributed by atoms with Gasteiger partial charge in [-0.1, -0.05) is 12.1 Å². The zero-order valence-electron chi connectivity index (χ0n) is 13.5. The number of carbonyl (C=O) groups is 1. The van der Waals surface area contributed by atoms with E-state index in [4.69, 9.17) is 14.2 Å². The van der Waals surface area contributed by atoms with E-state index < -0.39 is 0 Å². The third kappa shape index (κ3) is 4.71. The Hall–Kier alpha value is -2.05. The Kier molecular flexibility index (Phi) is 6.43. The summed E-state index contributed by atoms with van der Waals surface area (Å²) in [5.74, 6) is 1.22. The summed E-state index contributed by atoms with van der Waals surface area (Å²) in [6.45, 7) is 2.90. The molecule has 1 amide bonds. The normalized spacial score (nSPS) is 11.8. The Labute approximate surface area is 140 Å². The van der Waals surface area contributed by atoms with Crippen molar-refractivity contribution in [2.75, 3.05) is 27.4 Å². The molecule has 5 nitrogen and oxygen atoms in total. The average Bonchev–Trinajstić information content (AvgIpc) is 3.09. The molecule has 1 atom stereocenters. The number of nitrogens with one attached hydrogen (secondary N) is 1. The van der Waals surface area contributed by atoms with Gasteiger partial charge in [0.1, 0.15) is 6.61 Å². The van der Waals surface area contributed by atoms with Gasteiger partial charge in [0.2, 0.25) is 0 Å². The van der Waals surface area contributed by atoms with Gasteiger partial charge in [0.05, 0.1) is 24.6 Å². The van der Waals surface area contributed by atoms with Crippen molar-refractivity contribution in [2.24, 2.45) is 0 Å². The quantitative estimate of drug-likeness (QED) is 0.752. The first-order valence-electron chi connectivity index (χ1n) is 7.29. The number of thiophene rings is 1. The average molecular weight is 335 g/mol. The molecular formula is C17H21NO4S. The number of methoxy groups -OCH3 is 2. The summed E-state index contributed by atoms with van der Waals surface area (Å²) in [4.78, 5) is 12.8. The first kappa shape index (κ1) is 17.3. The maximum absolute atomic E-state index is 12.1. The predicted octanol–water partition coefficient (Wildman–Crippen LogP) is 3.27. The van der Waals surface area contributed by atoms with Crippen LogP contribution in [0, 0.1) is 0 Å². The highest BCUT2D eigenvalue weighted by Gasteiger charge is 2.14. The number of amides is 1. The molecule has 23 heavy (non-hydrogen) atoms. The molecule has 6 heteroatoms. The van der Waals surface area contributed by atoms with Crippen molar-refractivity contribution in [3.63, 3.8) is 0 Å². The van der Waals surface area contributed by atoms with Crippen molar-refractivity contribution in [3.8, 4) is 11.5 Å². The van der Waals surface area contributed by atoms with E-state index >= 15 is 0 Å². The maximum Gasteiger partial charge on any atom is 0.261 e. The van der Waals surface area contributed by atoms with Crippen molar-refractivity contribution in [2.45, 2.75) is 13.0 Å². The summed E-state index contributed by atoms with van der Waals surface area (Å²) < 4.78 is 15.9. The molecule has 1 aromatic carbocycles. The van der Waals surface area contributed by atoms with Gasteiger partial charge >= 0.3 is 0 Å². The van der Waals surface area contributed by atoms with Crippen LogP contribution < -0.4 is 14.8 Å². The lowest BCUT2D eigenvalue weighted by atomic mass is 10.1. The monoisotopic (exact) mass is 335 g/mol. The second-order valence-corrected chi connectivity index (χ2v) is 5.87. The van der Waals surface area contributed by atoms with E-state index in [1.165, 1.54) is 11.3 Å². The second kappa shape index (κ2) is 8.55. The number of carbonyl (C=O) groups excluding carboxylic acids is 1. The van der Waals surface area contributed by atoms with Gasteiger partial charge in [-0.2, -0.15) is 0 Å². The number of rotatable bonds is 8. The van der Waals surface area contributed by atoms with Crippen LogP contribution in [-0.4, -0.2) is 33.3 Å². The topological polar surface area (TPSA) is 56.8 Å². The molecule has 0 spiro atoms. The van der Waals surface area contributed by atoms with E-state index in [0.29, 0.717) is 29.6 Å². The van der Waals surface area contributed by atoms with E-state index in [1.54, 1.807) is 20.3 Å². The van der Waals surface area contributed by atoms with Crippen LogP contribution in [0.5, 0.6) is 11.5 Å². The van der Waals surface area contributed by atoms with Crippen LogP contribution in [0.15, 0.2) is 35.7 Å². The molecule has 0 radical (unpaired) electrons. The van der Waals surface area contributed by atoms with Crippen LogP contribution in [0.4, 0.5) is 0 Å². The number of hydrogen-bond donors (Lipinski definition) is 1. The van der Waals surface area contributed by atoms with Crippen molar-refractivity contribution < 1.29 is 19.0 Å². The lowest BCUT2D eigenvalue weighted by Gasteiger charge is -2.17. The van der Waals surface area contributed by atoms with Gasteiger partial charge in [-0.15, -0.1) is 11.3 Å². The second-order valence-electron chi connectivity index (χ2n) is 4.92. The minimum atomic E-state index is -0.133. The van der Waals surface area contributed by atoms with Gasteiger partial charge in [-0.05, 0) is 36.1 Å². The van der Waals surface area contributed by atoms with Crippen LogP contribution >= 0.6 is 11.3 Å². The molecule has 2 aromatic rings. The molecule has 1 N–H and O–H groups in total. The van der Waals surface area contributed by atoms with E-state index in [1.807, 2.05) is 36.6 Å². The lowest BCUT2D eigenvalue weighted by Crippen LogP contribution is -2.25. The number of hydrogen-bond acceptors (Lipinski definition) is 5. The van der Waals surface area contributed by atoms with Crippen molar-refractivity contribution in [3.05, 3.63) is 46.2 Å². The first-order valence-corrected chi connectivity index (χ1v) is 8.17. The molecule has 0 saturated heterocycles. The SMILES string of the molecule is COCCOc1ccc([C@H](C)NC(=O)c2cccs2)cc1OC. The summed E-state index contributed by atoms with van der Waals surface area (Å²) in [7, 11) is 3.22. The van der Waals surface area contributed by atoms with Crippen LogP contribution in [-0.2, 0) is 4.74 Å². The lowest BCUT2D eigenvalue weighted by molar-refractivity contribution is 0.0944. The highest BCUT2D eigenvalue weighted by atomic mass is 32.1. The molecule has 0 unspecified atom stereocenters. The van der Waals surface area contributed by atoms with E-state index in [9.17, 15) is 4.79 Å². The van der Waals surface area contributed by atoms with Crippen molar-refractivity contribution in [1.82, 2.24) is 5.32 Å². The van der Waals surface area contributed by atoms with Gasteiger partial charge in [-0.3, -0.25) is 4.79 Å². The van der Waals surface area contributed by atoms with E-state index in [2.05, 4.69) is 5.32 Å². The number of benzene rings is 1. The van der Waals surface area contributed by atoms with Crippen LogP contribution in [0.1, 0.15) is 28.2 Å². The highest BCUT2D eigenvalue weighted by Crippen LogP contribution is 2.30. The molecule has 0 bridgehead atoms. The maximum atomic E-state index is 12.1. The summed E-state index contributed by atoms with van der Waals surface area (Å²) in [5, 5.41) is 4.86. The Morgan fingerprint density at radius 1 is 1.22 bits per heavy atom. The molecule has 0 aliphatic rings. The van der Waals surface area contributed by atoms with Gasteiger partial charge < -0.3 is 19.5 Å². The van der Waals surface area contributed by atoms with Gasteiger partial charge in [0.15, 0.2) is 11.5 Å². The van der Waals surface area contributed by atoms with Crippen molar-refractivity contribution >= 4 is 17.2 Å². The Balaban J connectivity index is 2.05. The molecule has 0 aliphatic carbocycles. The molecular weight excluding hydrogens is 314 g/mol. The molecule has 0 saturated carbocycles. The Bertz CT molecular complexity index is 628. The van der Waals surface area contributed by atoms with E-state index in [-0.39, 0.29) is 11.9 Å². The predicted molar refractivity (Wildman–Crippen MR) is 90.6 cm³/mol. The van der Waals surface area contributed by atoms with Gasteiger partial charge in [0.25, 0.3) is 5.91 Å². The first-order chi connectivity index (χ1) is 11.2. The van der Waals surface area contributed by atoms with Gasteiger partial charge in [-0.25, -0.2) is 0 Å². The fourth-order valence-electron chi connectivity index (χ4n) is 2.07. The zero-order chi connectivity index (χ0) is 16.7. The van der Waals surface area contributed by atoms with E-state index in [0.717, 1.165) is 5.56 Å². The third-order valence-electron chi connectivity index (χ3n) is 3.33. The van der Waals surface area contributed by atoms with Crippen molar-refractivity contribution in [1.29, 1.82) is 0 Å². The largest absolute Gasteiger partial charge is 0.493 e. The summed E-state index contributed by atoms with van der Waals surface area (Å²) in [6.07, 6.45) is 0. The fraction of sp³-hybridized carbons (Fsp3) is 0.353. The molecule has 0 fully saturated rings. The Morgan fingerprint density at radius 2 is 2.04 bits per heavy atom.